The second-order valence-electron chi connectivity index (χ2n) is 4.88. The van der Waals surface area contributed by atoms with Gasteiger partial charge < -0.3 is 5.32 Å². The zero-order valence-corrected chi connectivity index (χ0v) is 12.3. The normalized spacial score (nSPS) is 12.4. The van der Waals surface area contributed by atoms with E-state index in [4.69, 9.17) is 0 Å². The molecule has 0 aliphatic rings. The summed E-state index contributed by atoms with van der Waals surface area (Å²) in [5.41, 5.74) is 1.68. The molecule has 0 saturated heterocycles. The molecule has 0 bridgehead atoms. The predicted octanol–water partition coefficient (Wildman–Crippen LogP) is 4.18. The van der Waals surface area contributed by atoms with Crippen molar-refractivity contribution in [3.05, 3.63) is 20.8 Å². The van der Waals surface area contributed by atoms with Crippen molar-refractivity contribution in [2.24, 2.45) is 0 Å². The van der Waals surface area contributed by atoms with E-state index in [0.29, 0.717) is 6.04 Å². The maximum atomic E-state index is 3.61. The quantitative estimate of drug-likeness (QED) is 0.858. The lowest BCUT2D eigenvalue weighted by Crippen LogP contribution is -2.29. The molecule has 0 fully saturated rings. The molecule has 0 aliphatic heterocycles. The highest BCUT2D eigenvalue weighted by Crippen LogP contribution is 2.35. The van der Waals surface area contributed by atoms with E-state index in [1.807, 2.05) is 0 Å². The van der Waals surface area contributed by atoms with Gasteiger partial charge >= 0.3 is 0 Å². The number of halogens is 1. The molecule has 0 aromatic carbocycles. The summed E-state index contributed by atoms with van der Waals surface area (Å²) >= 11 is 5.38. The molecule has 1 N–H and O–H groups in total. The molecule has 0 atom stereocenters. The van der Waals surface area contributed by atoms with Crippen LogP contribution < -0.4 is 5.32 Å². The van der Waals surface area contributed by atoms with Crippen molar-refractivity contribution in [3.63, 3.8) is 0 Å². The van der Waals surface area contributed by atoms with Crippen molar-refractivity contribution < 1.29 is 0 Å². The Kier molecular flexibility index (Phi) is 4.81. The van der Waals surface area contributed by atoms with Gasteiger partial charge in [0.1, 0.15) is 0 Å². The lowest BCUT2D eigenvalue weighted by molar-refractivity contribution is 0.441. The zero-order valence-electron chi connectivity index (χ0n) is 9.93. The van der Waals surface area contributed by atoms with Crippen LogP contribution in [-0.2, 0) is 5.41 Å². The maximum absolute atomic E-state index is 3.61. The monoisotopic (exact) mass is 289 g/mol. The summed E-state index contributed by atoms with van der Waals surface area (Å²) in [5, 5.41) is 7.88. The Hall–Kier alpha value is 0.140. The molecule has 1 aromatic heterocycles. The molecule has 1 heterocycles. The summed E-state index contributed by atoms with van der Waals surface area (Å²) in [6.45, 7) is 10.1. The molecular weight excluding hydrogens is 270 g/mol. The van der Waals surface area contributed by atoms with Crippen LogP contribution in [0.5, 0.6) is 0 Å². The Bertz CT molecular complexity index is 304. The van der Waals surface area contributed by atoms with Crippen LogP contribution in [0.25, 0.3) is 0 Å². The molecule has 0 aliphatic carbocycles. The molecule has 0 spiro atoms. The maximum Gasteiger partial charge on any atom is 0.0319 e. The lowest BCUT2D eigenvalue weighted by atomic mass is 9.83. The number of hydrogen-bond acceptors (Lipinski definition) is 2. The fraction of sp³-hybridized carbons (Fsp3) is 0.667. The standard InChI is InChI=1S/C12H20BrNS/c1-9(2)14-6-5-12(3,4)10-7-15-8-11(10)13/h7-9,14H,5-6H2,1-4H3. The first kappa shape index (κ1) is 13.2. The summed E-state index contributed by atoms with van der Waals surface area (Å²) in [5.74, 6) is 0. The largest absolute Gasteiger partial charge is 0.315 e. The smallest absolute Gasteiger partial charge is 0.0319 e. The van der Waals surface area contributed by atoms with Crippen molar-refractivity contribution in [2.45, 2.75) is 45.6 Å². The van der Waals surface area contributed by atoms with Crippen LogP contribution in [0.4, 0.5) is 0 Å². The Morgan fingerprint density at radius 2 is 2.07 bits per heavy atom. The molecule has 0 radical (unpaired) electrons. The number of thiophene rings is 1. The van der Waals surface area contributed by atoms with Crippen molar-refractivity contribution in [1.82, 2.24) is 5.32 Å². The number of nitrogens with one attached hydrogen (secondary N) is 1. The minimum atomic E-state index is 0.251. The van der Waals surface area contributed by atoms with Crippen LogP contribution in [-0.4, -0.2) is 12.6 Å². The van der Waals surface area contributed by atoms with Gasteiger partial charge in [-0.2, -0.15) is 11.3 Å². The highest BCUT2D eigenvalue weighted by Gasteiger charge is 2.23. The van der Waals surface area contributed by atoms with E-state index in [-0.39, 0.29) is 5.41 Å². The van der Waals surface area contributed by atoms with E-state index in [0.717, 1.165) is 6.54 Å². The first-order valence-electron chi connectivity index (χ1n) is 5.39. The Morgan fingerprint density at radius 1 is 1.40 bits per heavy atom. The third kappa shape index (κ3) is 3.89. The average molecular weight is 290 g/mol. The van der Waals surface area contributed by atoms with Crippen molar-refractivity contribution >= 4 is 27.3 Å². The summed E-state index contributed by atoms with van der Waals surface area (Å²) in [7, 11) is 0. The molecule has 0 unspecified atom stereocenters. The van der Waals surface area contributed by atoms with Gasteiger partial charge in [0, 0.05) is 15.9 Å². The van der Waals surface area contributed by atoms with Gasteiger partial charge in [0.2, 0.25) is 0 Å². The predicted molar refractivity (Wildman–Crippen MR) is 72.8 cm³/mol. The van der Waals surface area contributed by atoms with E-state index in [1.54, 1.807) is 11.3 Å². The minimum Gasteiger partial charge on any atom is -0.315 e. The second kappa shape index (κ2) is 5.46. The number of rotatable bonds is 5. The molecule has 0 saturated carbocycles. The second-order valence-corrected chi connectivity index (χ2v) is 6.47. The summed E-state index contributed by atoms with van der Waals surface area (Å²) in [6, 6.07) is 0.576. The molecule has 0 amide bonds. The van der Waals surface area contributed by atoms with Gasteiger partial charge in [-0.05, 0) is 45.3 Å². The summed E-state index contributed by atoms with van der Waals surface area (Å²) in [4.78, 5) is 0. The van der Waals surface area contributed by atoms with Crippen LogP contribution in [0.2, 0.25) is 0 Å². The van der Waals surface area contributed by atoms with E-state index < -0.39 is 0 Å². The zero-order chi connectivity index (χ0) is 11.5. The Balaban J connectivity index is 2.56. The highest BCUT2D eigenvalue weighted by molar-refractivity contribution is 9.10. The molecule has 86 valence electrons. The molecular formula is C12H20BrNS. The van der Waals surface area contributed by atoms with Gasteiger partial charge in [0.05, 0.1) is 0 Å². The summed E-state index contributed by atoms with van der Waals surface area (Å²) < 4.78 is 1.25. The van der Waals surface area contributed by atoms with Crippen molar-refractivity contribution in [2.75, 3.05) is 6.54 Å². The van der Waals surface area contributed by atoms with Gasteiger partial charge in [-0.25, -0.2) is 0 Å². The third-order valence-electron chi connectivity index (χ3n) is 2.65. The topological polar surface area (TPSA) is 12.0 Å². The summed E-state index contributed by atoms with van der Waals surface area (Å²) in [6.07, 6.45) is 1.17. The molecule has 15 heavy (non-hydrogen) atoms. The van der Waals surface area contributed by atoms with Crippen LogP contribution >= 0.6 is 27.3 Å². The van der Waals surface area contributed by atoms with Crippen LogP contribution in [0.15, 0.2) is 15.2 Å². The lowest BCUT2D eigenvalue weighted by Gasteiger charge is -2.25. The fourth-order valence-corrected chi connectivity index (χ4v) is 3.60. The first-order chi connectivity index (χ1) is 6.93. The Morgan fingerprint density at radius 3 is 2.53 bits per heavy atom. The van der Waals surface area contributed by atoms with Crippen molar-refractivity contribution in [3.8, 4) is 0 Å². The van der Waals surface area contributed by atoms with Crippen molar-refractivity contribution in [1.29, 1.82) is 0 Å². The van der Waals surface area contributed by atoms with Gasteiger partial charge in [-0.15, -0.1) is 0 Å². The molecule has 1 rings (SSSR count). The first-order valence-corrected chi connectivity index (χ1v) is 7.12. The van der Waals surface area contributed by atoms with Crippen LogP contribution in [0.3, 0.4) is 0 Å². The van der Waals surface area contributed by atoms with Gasteiger partial charge in [-0.1, -0.05) is 27.7 Å². The van der Waals surface area contributed by atoms with E-state index in [9.17, 15) is 0 Å². The van der Waals surface area contributed by atoms with E-state index in [2.05, 4.69) is 59.7 Å². The van der Waals surface area contributed by atoms with Crippen LogP contribution in [0.1, 0.15) is 39.7 Å². The highest BCUT2D eigenvalue weighted by atomic mass is 79.9. The third-order valence-corrected chi connectivity index (χ3v) is 4.35. The minimum absolute atomic E-state index is 0.251. The Labute approximate surface area is 105 Å². The van der Waals surface area contributed by atoms with Crippen LogP contribution in [0, 0.1) is 0 Å². The molecule has 3 heteroatoms. The van der Waals surface area contributed by atoms with E-state index in [1.165, 1.54) is 16.5 Å². The average Bonchev–Trinajstić information content (AvgIpc) is 2.50. The van der Waals surface area contributed by atoms with Gasteiger partial charge in [0.25, 0.3) is 0 Å². The van der Waals surface area contributed by atoms with Gasteiger partial charge in [-0.3, -0.25) is 0 Å². The number of hydrogen-bond donors (Lipinski definition) is 1. The molecule has 1 aromatic rings. The van der Waals surface area contributed by atoms with Gasteiger partial charge in [0.15, 0.2) is 0 Å². The fourth-order valence-electron chi connectivity index (χ4n) is 1.57. The molecule has 1 nitrogen and oxygen atoms in total. The SMILES string of the molecule is CC(C)NCCC(C)(C)c1cscc1Br. The van der Waals surface area contributed by atoms with E-state index >= 15 is 0 Å².